The summed E-state index contributed by atoms with van der Waals surface area (Å²) in [7, 11) is 0. The molecule has 1 aliphatic rings. The number of hydrogen-bond donors (Lipinski definition) is 1. The molecule has 4 rings (SSSR count). The zero-order valence-corrected chi connectivity index (χ0v) is 15.8. The van der Waals surface area contributed by atoms with E-state index in [1.165, 1.54) is 18.5 Å². The van der Waals surface area contributed by atoms with Gasteiger partial charge in [0.25, 0.3) is 0 Å². The second kappa shape index (κ2) is 7.07. The molecule has 9 heteroatoms. The molecule has 140 valence electrons. The van der Waals surface area contributed by atoms with E-state index < -0.39 is 5.82 Å². The van der Waals surface area contributed by atoms with Gasteiger partial charge in [0.2, 0.25) is 11.8 Å². The van der Waals surface area contributed by atoms with Gasteiger partial charge in [0, 0.05) is 19.2 Å². The molecule has 6 nitrogen and oxygen atoms in total. The Morgan fingerprint density at radius 3 is 2.70 bits per heavy atom. The first-order valence-electron chi connectivity index (χ1n) is 8.34. The van der Waals surface area contributed by atoms with Crippen molar-refractivity contribution in [3.63, 3.8) is 0 Å². The van der Waals surface area contributed by atoms with Gasteiger partial charge in [-0.1, -0.05) is 30.1 Å². The molecule has 0 radical (unpaired) electrons. The van der Waals surface area contributed by atoms with E-state index in [2.05, 4.69) is 27.2 Å². The first kappa shape index (κ1) is 18.2. The Morgan fingerprint density at radius 2 is 2.00 bits per heavy atom. The summed E-state index contributed by atoms with van der Waals surface area (Å²) in [6.45, 7) is 3.57. The maximum absolute atomic E-state index is 14.3. The number of halogens is 3. The topological polar surface area (TPSA) is 69.2 Å². The van der Waals surface area contributed by atoms with E-state index in [0.29, 0.717) is 16.9 Å². The zero-order valence-electron chi connectivity index (χ0n) is 14.3. The van der Waals surface area contributed by atoms with E-state index >= 15 is 0 Å². The number of benzene rings is 1. The summed E-state index contributed by atoms with van der Waals surface area (Å²) in [5.74, 6) is -0.348. The van der Waals surface area contributed by atoms with Crippen molar-refractivity contribution in [2.24, 2.45) is 0 Å². The number of nitrogens with one attached hydrogen (secondary N) is 1. The van der Waals surface area contributed by atoms with Crippen molar-refractivity contribution in [3.05, 3.63) is 46.5 Å². The second-order valence-corrected chi connectivity index (χ2v) is 7.00. The van der Waals surface area contributed by atoms with Crippen molar-refractivity contribution >= 4 is 34.2 Å². The molecule has 1 N–H and O–H groups in total. The molecule has 0 unspecified atom stereocenters. The molecule has 27 heavy (non-hydrogen) atoms. The van der Waals surface area contributed by atoms with Gasteiger partial charge in [-0.2, -0.15) is 4.98 Å². The number of rotatable bonds is 5. The predicted octanol–water partition coefficient (Wildman–Crippen LogP) is 4.39. The fourth-order valence-electron chi connectivity index (χ4n) is 2.74. The van der Waals surface area contributed by atoms with E-state index in [0.717, 1.165) is 19.5 Å². The number of aromatic nitrogens is 3. The highest BCUT2D eigenvalue weighted by Gasteiger charge is 2.37. The zero-order chi connectivity index (χ0) is 19.0. The number of fused-ring (bicyclic) bond motifs is 1. The van der Waals surface area contributed by atoms with Gasteiger partial charge >= 0.3 is 0 Å². The van der Waals surface area contributed by atoms with Crippen LogP contribution in [0, 0.1) is 5.82 Å². The number of ether oxygens (including phenoxy) is 2. The molecule has 3 heterocycles. The van der Waals surface area contributed by atoms with Gasteiger partial charge in [-0.15, -0.1) is 0 Å². The van der Waals surface area contributed by atoms with Crippen molar-refractivity contribution < 1.29 is 13.9 Å². The van der Waals surface area contributed by atoms with Crippen LogP contribution in [0.1, 0.15) is 13.3 Å². The van der Waals surface area contributed by atoms with E-state index in [4.69, 9.17) is 32.7 Å². The van der Waals surface area contributed by atoms with Crippen LogP contribution in [0.4, 0.5) is 4.39 Å². The molecule has 3 aromatic rings. The molecule has 0 atom stereocenters. The molecular formula is C18H15Cl2FN4O2. The van der Waals surface area contributed by atoms with Crippen LogP contribution in [-0.2, 0) is 0 Å². The summed E-state index contributed by atoms with van der Waals surface area (Å²) in [6, 6.07) is 6.33. The summed E-state index contributed by atoms with van der Waals surface area (Å²) in [5.41, 5.74) is 0.636. The first-order valence-corrected chi connectivity index (χ1v) is 9.10. The van der Waals surface area contributed by atoms with Crippen molar-refractivity contribution in [1.29, 1.82) is 0 Å². The van der Waals surface area contributed by atoms with E-state index in [9.17, 15) is 4.39 Å². The summed E-state index contributed by atoms with van der Waals surface area (Å²) < 4.78 is 26.0. The molecule has 0 amide bonds. The van der Waals surface area contributed by atoms with Gasteiger partial charge in [0.15, 0.2) is 17.1 Å². The second-order valence-electron chi connectivity index (χ2n) is 6.21. The lowest BCUT2D eigenvalue weighted by atomic mass is 9.94. The Hall–Kier alpha value is -2.22. The Kier molecular flexibility index (Phi) is 4.75. The predicted molar refractivity (Wildman–Crippen MR) is 100 cm³/mol. The molecule has 0 aliphatic carbocycles. The lowest BCUT2D eigenvalue weighted by Crippen LogP contribution is -2.62. The normalized spacial score (nSPS) is 15.4. The summed E-state index contributed by atoms with van der Waals surface area (Å²) >= 11 is 11.7. The molecule has 1 aromatic carbocycles. The monoisotopic (exact) mass is 408 g/mol. The van der Waals surface area contributed by atoms with Crippen molar-refractivity contribution in [2.75, 3.05) is 13.1 Å². The molecule has 1 aliphatic heterocycles. The van der Waals surface area contributed by atoms with Gasteiger partial charge in [0.1, 0.15) is 11.9 Å². The van der Waals surface area contributed by atoms with E-state index in [1.54, 1.807) is 12.1 Å². The number of nitrogens with zero attached hydrogens (tertiary/aromatic N) is 3. The van der Waals surface area contributed by atoms with Crippen LogP contribution in [-0.4, -0.2) is 33.6 Å². The third-order valence-corrected chi connectivity index (χ3v) is 5.27. The molecule has 1 saturated heterocycles. The van der Waals surface area contributed by atoms with Crippen LogP contribution in [0.2, 0.25) is 10.0 Å². The largest absolute Gasteiger partial charge is 0.468 e. The number of pyridine rings is 1. The van der Waals surface area contributed by atoms with E-state index in [1.807, 2.05) is 0 Å². The summed E-state index contributed by atoms with van der Waals surface area (Å²) in [6.07, 6.45) is 2.17. The summed E-state index contributed by atoms with van der Waals surface area (Å²) in [4.78, 5) is 12.7. The van der Waals surface area contributed by atoms with Crippen molar-refractivity contribution in [3.8, 4) is 17.5 Å². The minimum atomic E-state index is -0.770. The highest BCUT2D eigenvalue weighted by molar-refractivity contribution is 6.42. The third-order valence-electron chi connectivity index (χ3n) is 4.49. The van der Waals surface area contributed by atoms with Gasteiger partial charge in [-0.25, -0.2) is 14.4 Å². The quantitative estimate of drug-likeness (QED) is 0.631. The van der Waals surface area contributed by atoms with Gasteiger partial charge in [0.05, 0.1) is 15.6 Å². The lowest BCUT2D eigenvalue weighted by molar-refractivity contribution is 0.00914. The average Bonchev–Trinajstić information content (AvgIpc) is 2.65. The molecule has 0 saturated carbocycles. The van der Waals surface area contributed by atoms with Gasteiger partial charge in [-0.05, 0) is 24.6 Å². The maximum atomic E-state index is 14.3. The van der Waals surface area contributed by atoms with Gasteiger partial charge < -0.3 is 14.8 Å². The van der Waals surface area contributed by atoms with Crippen molar-refractivity contribution in [2.45, 2.75) is 18.9 Å². The highest BCUT2D eigenvalue weighted by Crippen LogP contribution is 2.35. The van der Waals surface area contributed by atoms with Crippen LogP contribution in [0.25, 0.3) is 11.0 Å². The van der Waals surface area contributed by atoms with Crippen LogP contribution < -0.4 is 14.8 Å². The van der Waals surface area contributed by atoms with Gasteiger partial charge in [-0.3, -0.25) is 0 Å². The Balaban J connectivity index is 1.70. The lowest BCUT2D eigenvalue weighted by Gasteiger charge is -2.41. The van der Waals surface area contributed by atoms with Crippen LogP contribution >= 0.6 is 23.2 Å². The van der Waals surface area contributed by atoms with E-state index in [-0.39, 0.29) is 27.3 Å². The SMILES string of the molecule is CCC1(Oc2ccc3ncnc(Oc4ccc(Cl)c(Cl)c4F)c3n2)CNC1. The first-order chi connectivity index (χ1) is 13.0. The summed E-state index contributed by atoms with van der Waals surface area (Å²) in [5, 5.41) is 3.09. The fraction of sp³-hybridized carbons (Fsp3) is 0.278. The minimum Gasteiger partial charge on any atom is -0.468 e. The molecule has 0 spiro atoms. The highest BCUT2D eigenvalue weighted by atomic mass is 35.5. The van der Waals surface area contributed by atoms with Crippen LogP contribution in [0.3, 0.4) is 0 Å². The third kappa shape index (κ3) is 3.38. The molecule has 0 bridgehead atoms. The van der Waals surface area contributed by atoms with Crippen LogP contribution in [0.15, 0.2) is 30.6 Å². The maximum Gasteiger partial charge on any atom is 0.249 e. The van der Waals surface area contributed by atoms with Crippen LogP contribution in [0.5, 0.6) is 17.5 Å². The standard InChI is InChI=1S/C18H15Cl2FN4O2/c1-2-18(7-22-8-18)27-13-6-4-11-16(25-13)17(24-9-23-11)26-12-5-3-10(19)14(20)15(12)21/h3-6,9,22H,2,7-8H2,1H3. The molecule has 1 fully saturated rings. The Bertz CT molecular complexity index is 1010. The fourth-order valence-corrected chi connectivity index (χ4v) is 3.04. The molecule has 2 aromatic heterocycles. The Labute approximate surface area is 164 Å². The van der Waals surface area contributed by atoms with Crippen molar-refractivity contribution in [1.82, 2.24) is 20.3 Å². The number of hydrogen-bond acceptors (Lipinski definition) is 6. The average molecular weight is 409 g/mol. The molecular weight excluding hydrogens is 394 g/mol. The minimum absolute atomic E-state index is 0.0972. The Morgan fingerprint density at radius 1 is 1.19 bits per heavy atom. The smallest absolute Gasteiger partial charge is 0.249 e.